The lowest BCUT2D eigenvalue weighted by Gasteiger charge is -2.17. The summed E-state index contributed by atoms with van der Waals surface area (Å²) in [5.41, 5.74) is 2.92. The molecule has 4 nitrogen and oxygen atoms in total. The van der Waals surface area contributed by atoms with Crippen molar-refractivity contribution in [2.24, 2.45) is 0 Å². The first-order valence-electron chi connectivity index (χ1n) is 6.94. The summed E-state index contributed by atoms with van der Waals surface area (Å²) < 4.78 is 7.70. The van der Waals surface area contributed by atoms with Gasteiger partial charge in [-0.15, -0.1) is 0 Å². The Morgan fingerprint density at radius 3 is 2.90 bits per heavy atom. The van der Waals surface area contributed by atoms with E-state index in [-0.39, 0.29) is 6.04 Å². The number of ether oxygens (including phenoxy) is 1. The molecule has 1 aromatic carbocycles. The molecule has 0 N–H and O–H groups in total. The summed E-state index contributed by atoms with van der Waals surface area (Å²) in [6.07, 6.45) is 1.95. The molecule has 1 atom stereocenters. The number of fused-ring (bicyclic) bond motifs is 3. The summed E-state index contributed by atoms with van der Waals surface area (Å²) in [4.78, 5) is 9.13. The van der Waals surface area contributed by atoms with Crippen molar-refractivity contribution < 1.29 is 4.74 Å². The fraction of sp³-hybridized carbons (Fsp3) is 0.250. The number of imidazole rings is 1. The van der Waals surface area contributed by atoms with Gasteiger partial charge in [-0.3, -0.25) is 0 Å². The Kier molecular flexibility index (Phi) is 2.86. The van der Waals surface area contributed by atoms with E-state index in [0.29, 0.717) is 5.15 Å². The topological polar surface area (TPSA) is 39.9 Å². The minimum Gasteiger partial charge on any atom is -0.496 e. The Labute approximate surface area is 127 Å². The molecule has 0 fully saturated rings. The Morgan fingerprint density at radius 1 is 1.19 bits per heavy atom. The van der Waals surface area contributed by atoms with E-state index >= 15 is 0 Å². The number of nitrogens with zero attached hydrogens (tertiary/aromatic N) is 3. The lowest BCUT2D eigenvalue weighted by Crippen LogP contribution is -2.08. The molecule has 3 heterocycles. The number of halogens is 1. The standard InChI is InChI=1S/C16H14ClN3O/c1-21-13-5-3-2-4-10(13)12-7-9-15-18-11-6-8-14(17)19-16(11)20(12)15/h2-6,8,12H,7,9H2,1H3/t12-/m0/s1. The van der Waals surface area contributed by atoms with Gasteiger partial charge in [-0.25, -0.2) is 9.97 Å². The number of pyridine rings is 1. The molecule has 0 aliphatic carbocycles. The largest absolute Gasteiger partial charge is 0.496 e. The maximum atomic E-state index is 6.05. The highest BCUT2D eigenvalue weighted by Crippen LogP contribution is 2.38. The molecule has 0 saturated carbocycles. The number of aryl methyl sites for hydroxylation is 1. The van der Waals surface area contributed by atoms with Gasteiger partial charge in [-0.1, -0.05) is 29.8 Å². The number of para-hydroxylation sites is 1. The van der Waals surface area contributed by atoms with Crippen molar-refractivity contribution in [3.05, 3.63) is 52.9 Å². The van der Waals surface area contributed by atoms with Crippen LogP contribution in [0.15, 0.2) is 36.4 Å². The van der Waals surface area contributed by atoms with Gasteiger partial charge in [0.1, 0.15) is 22.2 Å². The van der Waals surface area contributed by atoms with Gasteiger partial charge in [0, 0.05) is 12.0 Å². The number of aromatic nitrogens is 3. The van der Waals surface area contributed by atoms with Crippen LogP contribution in [0.25, 0.3) is 11.2 Å². The molecule has 0 saturated heterocycles. The van der Waals surface area contributed by atoms with Crippen molar-refractivity contribution in [3.8, 4) is 5.75 Å². The van der Waals surface area contributed by atoms with Crippen LogP contribution in [-0.2, 0) is 6.42 Å². The molecule has 4 rings (SSSR count). The molecule has 0 radical (unpaired) electrons. The van der Waals surface area contributed by atoms with Crippen molar-refractivity contribution in [2.45, 2.75) is 18.9 Å². The van der Waals surface area contributed by atoms with Crippen LogP contribution in [0.2, 0.25) is 5.15 Å². The normalized spacial score (nSPS) is 17.1. The van der Waals surface area contributed by atoms with Crippen LogP contribution >= 0.6 is 11.6 Å². The van der Waals surface area contributed by atoms with Gasteiger partial charge in [0.2, 0.25) is 0 Å². The molecule has 3 aromatic rings. The minimum atomic E-state index is 0.201. The quantitative estimate of drug-likeness (QED) is 0.678. The SMILES string of the molecule is COc1ccccc1[C@@H]1CCc2nc3ccc(Cl)nc3n21. The minimum absolute atomic E-state index is 0.201. The molecule has 0 spiro atoms. The average Bonchev–Trinajstić information content (AvgIpc) is 3.06. The molecule has 0 bridgehead atoms. The summed E-state index contributed by atoms with van der Waals surface area (Å²) >= 11 is 6.05. The van der Waals surface area contributed by atoms with Crippen molar-refractivity contribution in [2.75, 3.05) is 7.11 Å². The molecule has 106 valence electrons. The van der Waals surface area contributed by atoms with Crippen LogP contribution in [0.4, 0.5) is 0 Å². The van der Waals surface area contributed by atoms with E-state index < -0.39 is 0 Å². The van der Waals surface area contributed by atoms with E-state index in [9.17, 15) is 0 Å². The lowest BCUT2D eigenvalue weighted by molar-refractivity contribution is 0.403. The van der Waals surface area contributed by atoms with Crippen LogP contribution in [-0.4, -0.2) is 21.6 Å². The highest BCUT2D eigenvalue weighted by molar-refractivity contribution is 6.29. The number of rotatable bonds is 2. The van der Waals surface area contributed by atoms with Crippen LogP contribution in [0.5, 0.6) is 5.75 Å². The predicted octanol–water partition coefficient (Wildman–Crippen LogP) is 3.63. The molecule has 5 heteroatoms. The Balaban J connectivity index is 1.93. The van der Waals surface area contributed by atoms with Crippen LogP contribution < -0.4 is 4.74 Å². The lowest BCUT2D eigenvalue weighted by atomic mass is 10.0. The van der Waals surface area contributed by atoms with E-state index in [1.165, 1.54) is 5.56 Å². The third-order valence-electron chi connectivity index (χ3n) is 4.03. The van der Waals surface area contributed by atoms with Crippen LogP contribution in [0, 0.1) is 0 Å². The van der Waals surface area contributed by atoms with Gasteiger partial charge in [0.15, 0.2) is 5.65 Å². The van der Waals surface area contributed by atoms with Crippen molar-refractivity contribution in [3.63, 3.8) is 0 Å². The second-order valence-corrected chi connectivity index (χ2v) is 5.56. The molecule has 0 unspecified atom stereocenters. The molecular weight excluding hydrogens is 286 g/mol. The van der Waals surface area contributed by atoms with Crippen LogP contribution in [0.1, 0.15) is 23.9 Å². The third kappa shape index (κ3) is 1.90. The summed E-state index contributed by atoms with van der Waals surface area (Å²) in [6.45, 7) is 0. The molecule has 1 aliphatic heterocycles. The van der Waals surface area contributed by atoms with E-state index in [4.69, 9.17) is 16.3 Å². The Hall–Kier alpha value is -2.07. The molecule has 1 aliphatic rings. The fourth-order valence-electron chi connectivity index (χ4n) is 3.13. The van der Waals surface area contributed by atoms with Gasteiger partial charge >= 0.3 is 0 Å². The average molecular weight is 300 g/mol. The summed E-state index contributed by atoms with van der Waals surface area (Å²) in [5, 5.41) is 0.496. The van der Waals surface area contributed by atoms with Gasteiger partial charge in [-0.2, -0.15) is 0 Å². The number of hydrogen-bond donors (Lipinski definition) is 0. The highest BCUT2D eigenvalue weighted by atomic mass is 35.5. The molecular formula is C16H14ClN3O. The van der Waals surface area contributed by atoms with Gasteiger partial charge < -0.3 is 9.30 Å². The zero-order chi connectivity index (χ0) is 14.4. The predicted molar refractivity (Wildman–Crippen MR) is 82.0 cm³/mol. The molecule has 2 aromatic heterocycles. The van der Waals surface area contributed by atoms with Crippen LogP contribution in [0.3, 0.4) is 0 Å². The second-order valence-electron chi connectivity index (χ2n) is 5.17. The zero-order valence-electron chi connectivity index (χ0n) is 11.6. The summed E-state index contributed by atoms with van der Waals surface area (Å²) in [6, 6.07) is 12.0. The van der Waals surface area contributed by atoms with Gasteiger partial charge in [0.05, 0.1) is 13.2 Å². The van der Waals surface area contributed by atoms with E-state index in [0.717, 1.165) is 35.6 Å². The Morgan fingerprint density at radius 2 is 2.05 bits per heavy atom. The first-order valence-corrected chi connectivity index (χ1v) is 7.32. The van der Waals surface area contributed by atoms with Crippen molar-refractivity contribution >= 4 is 22.8 Å². The third-order valence-corrected chi connectivity index (χ3v) is 4.24. The second kappa shape index (κ2) is 4.74. The smallest absolute Gasteiger partial charge is 0.162 e. The maximum absolute atomic E-state index is 6.05. The zero-order valence-corrected chi connectivity index (χ0v) is 12.3. The fourth-order valence-corrected chi connectivity index (χ4v) is 3.28. The molecule has 21 heavy (non-hydrogen) atoms. The first kappa shape index (κ1) is 12.7. The number of benzene rings is 1. The highest BCUT2D eigenvalue weighted by Gasteiger charge is 2.29. The van der Waals surface area contributed by atoms with E-state index in [2.05, 4.69) is 20.6 Å². The maximum Gasteiger partial charge on any atom is 0.162 e. The van der Waals surface area contributed by atoms with E-state index in [1.807, 2.05) is 24.3 Å². The number of hydrogen-bond acceptors (Lipinski definition) is 3. The summed E-state index contributed by atoms with van der Waals surface area (Å²) in [7, 11) is 1.70. The first-order chi connectivity index (χ1) is 10.3. The monoisotopic (exact) mass is 299 g/mol. The molecule has 0 amide bonds. The summed E-state index contributed by atoms with van der Waals surface area (Å²) in [5.74, 6) is 1.97. The van der Waals surface area contributed by atoms with Gasteiger partial charge in [0.25, 0.3) is 0 Å². The van der Waals surface area contributed by atoms with Gasteiger partial charge in [-0.05, 0) is 24.6 Å². The van der Waals surface area contributed by atoms with Crippen molar-refractivity contribution in [1.82, 2.24) is 14.5 Å². The van der Waals surface area contributed by atoms with Crippen molar-refractivity contribution in [1.29, 1.82) is 0 Å². The van der Waals surface area contributed by atoms with E-state index in [1.54, 1.807) is 13.2 Å². The Bertz CT molecular complexity index is 828. The number of methoxy groups -OCH3 is 1.